The van der Waals surface area contributed by atoms with E-state index in [9.17, 15) is 0 Å². The molecule has 0 spiro atoms. The Morgan fingerprint density at radius 1 is 0.513 bits per heavy atom. The van der Waals surface area contributed by atoms with Crippen LogP contribution in [0.3, 0.4) is 0 Å². The van der Waals surface area contributed by atoms with Crippen molar-refractivity contribution >= 4 is 65.8 Å². The molecular weight excluding hydrogens is 482 g/mol. The molecule has 4 heterocycles. The second-order valence-corrected chi connectivity index (χ2v) is 9.80. The molecule has 0 bridgehead atoms. The maximum absolute atomic E-state index is 6.57. The third-order valence-electron chi connectivity index (χ3n) is 7.64. The predicted molar refractivity (Wildman–Crippen MR) is 156 cm³/mol. The Bertz CT molecular complexity index is 2390. The fourth-order valence-corrected chi connectivity index (χ4v) is 5.93. The van der Waals surface area contributed by atoms with Gasteiger partial charge in [0.25, 0.3) is 0 Å². The summed E-state index contributed by atoms with van der Waals surface area (Å²) in [4.78, 5) is 10.1. The minimum absolute atomic E-state index is 0.558. The van der Waals surface area contributed by atoms with Gasteiger partial charge in [-0.15, -0.1) is 0 Å². The summed E-state index contributed by atoms with van der Waals surface area (Å²) in [6, 6.07) is 39.1. The molecule has 9 rings (SSSR count). The van der Waals surface area contributed by atoms with Crippen molar-refractivity contribution in [3.8, 4) is 17.2 Å². The first-order valence-corrected chi connectivity index (χ1v) is 12.9. The molecule has 0 fully saturated rings. The smallest absolute Gasteiger partial charge is 0.233 e. The highest BCUT2D eigenvalue weighted by atomic mass is 16.3. The van der Waals surface area contributed by atoms with Crippen LogP contribution >= 0.6 is 0 Å². The highest BCUT2D eigenvalue weighted by Gasteiger charge is 2.24. The van der Waals surface area contributed by atoms with Crippen LogP contribution in [0.4, 0.5) is 0 Å². The van der Waals surface area contributed by atoms with E-state index in [1.54, 1.807) is 0 Å². The average Bonchev–Trinajstić information content (AvgIpc) is 3.66. The molecule has 9 aromatic rings. The average molecular weight is 502 g/mol. The van der Waals surface area contributed by atoms with Crippen LogP contribution < -0.4 is 0 Å². The molecule has 0 unspecified atom stereocenters. The zero-order chi connectivity index (χ0) is 25.5. The summed E-state index contributed by atoms with van der Waals surface area (Å²) < 4.78 is 15.1. The number of aromatic nitrogens is 3. The highest BCUT2D eigenvalue weighted by Crippen LogP contribution is 2.42. The zero-order valence-electron chi connectivity index (χ0n) is 20.6. The molecule has 0 aliphatic heterocycles. The first-order chi connectivity index (χ1) is 19.3. The van der Waals surface area contributed by atoms with Crippen LogP contribution in [0, 0.1) is 0 Å². The van der Waals surface area contributed by atoms with Crippen LogP contribution in [0.15, 0.2) is 124 Å². The number of hydrogen-bond donors (Lipinski definition) is 0. The number of fused-ring (bicyclic) bond motifs is 10. The van der Waals surface area contributed by atoms with E-state index in [2.05, 4.69) is 59.2 Å². The molecule has 0 radical (unpaired) electrons. The SMILES string of the molecule is c1ccc(-c2nc(-n3c4ccccc4c4ccc5c6ccccc6oc5c43)c3c(n2)oc2ccccc23)cc1. The largest absolute Gasteiger partial charge is 0.454 e. The Hall–Kier alpha value is -5.42. The highest BCUT2D eigenvalue weighted by molar-refractivity contribution is 6.22. The maximum atomic E-state index is 6.57. The van der Waals surface area contributed by atoms with Crippen molar-refractivity contribution in [2.24, 2.45) is 0 Å². The van der Waals surface area contributed by atoms with Gasteiger partial charge in [-0.05, 0) is 24.3 Å². The van der Waals surface area contributed by atoms with Crippen LogP contribution in [-0.2, 0) is 0 Å². The molecule has 39 heavy (non-hydrogen) atoms. The summed E-state index contributed by atoms with van der Waals surface area (Å²) in [6.07, 6.45) is 0. The summed E-state index contributed by atoms with van der Waals surface area (Å²) in [5.74, 6) is 1.38. The lowest BCUT2D eigenvalue weighted by molar-refractivity contribution is 0.653. The lowest BCUT2D eigenvalue weighted by atomic mass is 10.1. The van der Waals surface area contributed by atoms with Gasteiger partial charge in [0.05, 0.1) is 16.4 Å². The maximum Gasteiger partial charge on any atom is 0.233 e. The van der Waals surface area contributed by atoms with Gasteiger partial charge in [0.1, 0.15) is 11.2 Å². The van der Waals surface area contributed by atoms with Crippen molar-refractivity contribution < 1.29 is 8.83 Å². The minimum Gasteiger partial charge on any atom is -0.454 e. The monoisotopic (exact) mass is 501 g/mol. The topological polar surface area (TPSA) is 57.0 Å². The Labute approximate surface area is 221 Å². The van der Waals surface area contributed by atoms with Gasteiger partial charge in [0.2, 0.25) is 5.71 Å². The van der Waals surface area contributed by atoms with E-state index in [-0.39, 0.29) is 0 Å². The molecule has 0 aliphatic rings. The number of rotatable bonds is 2. The van der Waals surface area contributed by atoms with Gasteiger partial charge in [-0.1, -0.05) is 91.0 Å². The van der Waals surface area contributed by atoms with Crippen molar-refractivity contribution in [3.05, 3.63) is 115 Å². The second-order valence-electron chi connectivity index (χ2n) is 9.80. The van der Waals surface area contributed by atoms with E-state index in [1.165, 1.54) is 0 Å². The number of benzene rings is 5. The molecular formula is C34H19N3O2. The molecule has 4 aromatic heterocycles. The lowest BCUT2D eigenvalue weighted by Gasteiger charge is -2.10. The van der Waals surface area contributed by atoms with E-state index in [0.29, 0.717) is 11.5 Å². The Morgan fingerprint density at radius 2 is 1.18 bits per heavy atom. The van der Waals surface area contributed by atoms with Crippen LogP contribution in [0.1, 0.15) is 0 Å². The summed E-state index contributed by atoms with van der Waals surface area (Å²) in [6.45, 7) is 0. The van der Waals surface area contributed by atoms with Crippen LogP contribution in [0.2, 0.25) is 0 Å². The van der Waals surface area contributed by atoms with E-state index < -0.39 is 0 Å². The molecule has 0 amide bonds. The third-order valence-corrected chi connectivity index (χ3v) is 7.64. The third kappa shape index (κ3) is 2.79. The molecule has 0 N–H and O–H groups in total. The quantitative estimate of drug-likeness (QED) is 0.237. The van der Waals surface area contributed by atoms with Gasteiger partial charge >= 0.3 is 0 Å². The molecule has 182 valence electrons. The number of hydrogen-bond acceptors (Lipinski definition) is 4. The number of para-hydroxylation sites is 3. The van der Waals surface area contributed by atoms with Crippen molar-refractivity contribution in [2.75, 3.05) is 0 Å². The van der Waals surface area contributed by atoms with E-state index in [0.717, 1.165) is 71.5 Å². The van der Waals surface area contributed by atoms with E-state index >= 15 is 0 Å². The van der Waals surface area contributed by atoms with Crippen molar-refractivity contribution in [1.82, 2.24) is 14.5 Å². The van der Waals surface area contributed by atoms with E-state index in [4.69, 9.17) is 18.8 Å². The van der Waals surface area contributed by atoms with Gasteiger partial charge in [-0.3, -0.25) is 4.57 Å². The normalized spacial score (nSPS) is 12.1. The van der Waals surface area contributed by atoms with Gasteiger partial charge in [-0.2, -0.15) is 4.98 Å². The predicted octanol–water partition coefficient (Wildman–Crippen LogP) is 9.04. The van der Waals surface area contributed by atoms with Crippen LogP contribution in [0.5, 0.6) is 0 Å². The molecule has 0 saturated heterocycles. The summed E-state index contributed by atoms with van der Waals surface area (Å²) in [7, 11) is 0. The zero-order valence-corrected chi connectivity index (χ0v) is 20.6. The summed E-state index contributed by atoms with van der Waals surface area (Å²) in [5.41, 5.74) is 5.99. The molecule has 5 nitrogen and oxygen atoms in total. The Balaban J connectivity index is 1.53. The van der Waals surface area contributed by atoms with Crippen molar-refractivity contribution in [2.45, 2.75) is 0 Å². The van der Waals surface area contributed by atoms with Gasteiger partial charge < -0.3 is 8.83 Å². The molecule has 0 atom stereocenters. The van der Waals surface area contributed by atoms with Crippen molar-refractivity contribution in [1.29, 1.82) is 0 Å². The fourth-order valence-electron chi connectivity index (χ4n) is 5.93. The fraction of sp³-hybridized carbons (Fsp3) is 0. The first kappa shape index (κ1) is 20.6. The lowest BCUT2D eigenvalue weighted by Crippen LogP contribution is -2.02. The Morgan fingerprint density at radius 3 is 2.03 bits per heavy atom. The van der Waals surface area contributed by atoms with Crippen LogP contribution in [0.25, 0.3) is 83.0 Å². The summed E-state index contributed by atoms with van der Waals surface area (Å²) >= 11 is 0. The Kier molecular flexibility index (Phi) is 3.99. The van der Waals surface area contributed by atoms with E-state index in [1.807, 2.05) is 60.7 Å². The number of furan rings is 2. The molecule has 5 aromatic carbocycles. The van der Waals surface area contributed by atoms with Gasteiger partial charge in [0.15, 0.2) is 17.2 Å². The van der Waals surface area contributed by atoms with Gasteiger partial charge in [-0.25, -0.2) is 4.98 Å². The van der Waals surface area contributed by atoms with Gasteiger partial charge in [0, 0.05) is 32.5 Å². The molecule has 5 heteroatoms. The van der Waals surface area contributed by atoms with Crippen molar-refractivity contribution in [3.63, 3.8) is 0 Å². The number of nitrogens with zero attached hydrogens (tertiary/aromatic N) is 3. The molecule has 0 saturated carbocycles. The minimum atomic E-state index is 0.558. The molecule has 0 aliphatic carbocycles. The summed E-state index contributed by atoms with van der Waals surface area (Å²) in [5, 5.41) is 6.27. The first-order valence-electron chi connectivity index (χ1n) is 12.9. The standard InChI is InChI=1S/C34H19N3O2/c1-2-10-20(11-3-1)32-35-33(29-25-14-6-9-17-28(25)39-34(29)36-32)37-26-15-7-4-12-21(26)23-18-19-24-22-13-5-8-16-27(22)38-31(24)30(23)37/h1-19H. The second kappa shape index (κ2) is 7.55. The van der Waals surface area contributed by atoms with Crippen LogP contribution in [-0.4, -0.2) is 14.5 Å².